The third kappa shape index (κ3) is 3.12. The highest BCUT2D eigenvalue weighted by Crippen LogP contribution is 2.24. The molecule has 6 heteroatoms. The molecule has 3 heterocycles. The highest BCUT2D eigenvalue weighted by atomic mass is 79.9. The normalized spacial score (nSPS) is 24.8. The summed E-state index contributed by atoms with van der Waals surface area (Å²) in [6, 6.07) is 2.69. The SMILES string of the molecule is O=C1NCCN1C1CCCN(Cc2csc(Br)c2)C1. The summed E-state index contributed by atoms with van der Waals surface area (Å²) in [5.74, 6) is 0. The van der Waals surface area contributed by atoms with Crippen LogP contribution in [-0.2, 0) is 6.54 Å². The number of thiophene rings is 1. The van der Waals surface area contributed by atoms with Crippen LogP contribution in [0, 0.1) is 0 Å². The number of amides is 2. The Labute approximate surface area is 125 Å². The number of piperidine rings is 1. The van der Waals surface area contributed by atoms with Gasteiger partial charge in [0.05, 0.1) is 3.79 Å². The summed E-state index contributed by atoms with van der Waals surface area (Å²) in [6.07, 6.45) is 2.32. The van der Waals surface area contributed by atoms with Crippen molar-refractivity contribution in [3.8, 4) is 0 Å². The molecular weight excluding hydrogens is 326 g/mol. The predicted octanol–water partition coefficient (Wildman–Crippen LogP) is 2.50. The largest absolute Gasteiger partial charge is 0.336 e. The first-order valence-electron chi connectivity index (χ1n) is 6.72. The van der Waals surface area contributed by atoms with Crippen LogP contribution in [0.1, 0.15) is 18.4 Å². The zero-order valence-corrected chi connectivity index (χ0v) is 13.2. The number of carbonyl (C=O) groups excluding carboxylic acids is 1. The fraction of sp³-hybridized carbons (Fsp3) is 0.615. The van der Waals surface area contributed by atoms with E-state index in [1.165, 1.54) is 15.8 Å². The number of nitrogens with one attached hydrogen (secondary N) is 1. The Morgan fingerprint density at radius 3 is 3.05 bits per heavy atom. The van der Waals surface area contributed by atoms with Crippen LogP contribution >= 0.6 is 27.3 Å². The number of halogens is 1. The lowest BCUT2D eigenvalue weighted by atomic mass is 10.0. The van der Waals surface area contributed by atoms with E-state index < -0.39 is 0 Å². The van der Waals surface area contributed by atoms with Crippen LogP contribution in [0.5, 0.6) is 0 Å². The van der Waals surface area contributed by atoms with Gasteiger partial charge in [-0.3, -0.25) is 4.90 Å². The Morgan fingerprint density at radius 2 is 2.37 bits per heavy atom. The lowest BCUT2D eigenvalue weighted by Crippen LogP contribution is -2.48. The minimum atomic E-state index is 0.116. The molecular formula is C13H18BrN3OS. The summed E-state index contributed by atoms with van der Waals surface area (Å²) >= 11 is 5.24. The average Bonchev–Trinajstić information content (AvgIpc) is 2.99. The minimum Gasteiger partial charge on any atom is -0.336 e. The van der Waals surface area contributed by atoms with Gasteiger partial charge in [0.25, 0.3) is 0 Å². The number of likely N-dealkylation sites (tertiary alicyclic amines) is 1. The van der Waals surface area contributed by atoms with E-state index in [2.05, 4.69) is 37.6 Å². The molecule has 0 aromatic carbocycles. The fourth-order valence-corrected chi connectivity index (χ4v) is 4.15. The molecule has 0 bridgehead atoms. The Bertz CT molecular complexity index is 464. The molecule has 0 radical (unpaired) electrons. The van der Waals surface area contributed by atoms with Gasteiger partial charge < -0.3 is 10.2 Å². The summed E-state index contributed by atoms with van der Waals surface area (Å²) in [4.78, 5) is 16.2. The van der Waals surface area contributed by atoms with Crippen LogP contribution in [0.3, 0.4) is 0 Å². The number of rotatable bonds is 3. The number of hydrogen-bond acceptors (Lipinski definition) is 3. The summed E-state index contributed by atoms with van der Waals surface area (Å²) < 4.78 is 1.19. The number of carbonyl (C=O) groups is 1. The van der Waals surface area contributed by atoms with Gasteiger partial charge in [-0.05, 0) is 52.3 Å². The number of urea groups is 1. The molecule has 3 rings (SSSR count). The second kappa shape index (κ2) is 5.81. The maximum Gasteiger partial charge on any atom is 0.317 e. The topological polar surface area (TPSA) is 35.6 Å². The number of hydrogen-bond donors (Lipinski definition) is 1. The van der Waals surface area contributed by atoms with Gasteiger partial charge in [-0.15, -0.1) is 11.3 Å². The average molecular weight is 344 g/mol. The Kier molecular flexibility index (Phi) is 4.10. The van der Waals surface area contributed by atoms with Crippen LogP contribution in [0.25, 0.3) is 0 Å². The van der Waals surface area contributed by atoms with E-state index in [0.717, 1.165) is 39.1 Å². The van der Waals surface area contributed by atoms with Crippen molar-refractivity contribution in [2.24, 2.45) is 0 Å². The Hall–Kier alpha value is -0.590. The first-order valence-corrected chi connectivity index (χ1v) is 8.39. The van der Waals surface area contributed by atoms with Crippen molar-refractivity contribution in [2.75, 3.05) is 26.2 Å². The van der Waals surface area contributed by atoms with Gasteiger partial charge in [0.15, 0.2) is 0 Å². The maximum atomic E-state index is 11.7. The van der Waals surface area contributed by atoms with E-state index in [9.17, 15) is 4.79 Å². The quantitative estimate of drug-likeness (QED) is 0.915. The van der Waals surface area contributed by atoms with Crippen LogP contribution in [0.2, 0.25) is 0 Å². The van der Waals surface area contributed by atoms with E-state index in [1.54, 1.807) is 11.3 Å². The van der Waals surface area contributed by atoms with Crippen molar-refractivity contribution in [2.45, 2.75) is 25.4 Å². The highest BCUT2D eigenvalue weighted by molar-refractivity contribution is 9.11. The summed E-state index contributed by atoms with van der Waals surface area (Å²) in [5.41, 5.74) is 1.36. The second-order valence-corrected chi connectivity index (χ2v) is 7.51. The molecule has 1 unspecified atom stereocenters. The predicted molar refractivity (Wildman–Crippen MR) is 80.4 cm³/mol. The van der Waals surface area contributed by atoms with Crippen molar-refractivity contribution < 1.29 is 4.79 Å². The van der Waals surface area contributed by atoms with Gasteiger partial charge in [0, 0.05) is 32.2 Å². The molecule has 2 saturated heterocycles. The zero-order chi connectivity index (χ0) is 13.2. The Balaban J connectivity index is 1.60. The van der Waals surface area contributed by atoms with E-state index in [1.807, 2.05) is 4.90 Å². The summed E-state index contributed by atoms with van der Waals surface area (Å²) in [5, 5.41) is 5.10. The first kappa shape index (κ1) is 13.4. The van der Waals surface area contributed by atoms with Crippen LogP contribution in [0.4, 0.5) is 4.79 Å². The van der Waals surface area contributed by atoms with Crippen molar-refractivity contribution in [1.82, 2.24) is 15.1 Å². The molecule has 4 nitrogen and oxygen atoms in total. The van der Waals surface area contributed by atoms with E-state index >= 15 is 0 Å². The fourth-order valence-electron chi connectivity index (χ4n) is 2.95. The van der Waals surface area contributed by atoms with Gasteiger partial charge in [-0.2, -0.15) is 0 Å². The molecule has 0 aliphatic carbocycles. The first-order chi connectivity index (χ1) is 9.22. The molecule has 19 heavy (non-hydrogen) atoms. The van der Waals surface area contributed by atoms with E-state index in [-0.39, 0.29) is 6.03 Å². The molecule has 2 fully saturated rings. The summed E-state index contributed by atoms with van der Waals surface area (Å²) in [7, 11) is 0. The molecule has 104 valence electrons. The van der Waals surface area contributed by atoms with E-state index in [4.69, 9.17) is 0 Å². The maximum absolute atomic E-state index is 11.7. The Morgan fingerprint density at radius 1 is 1.47 bits per heavy atom. The molecule has 1 atom stereocenters. The molecule has 2 aliphatic rings. The van der Waals surface area contributed by atoms with Gasteiger partial charge in [-0.1, -0.05) is 0 Å². The standard InChI is InChI=1S/C13H18BrN3OS/c14-12-6-10(9-19-12)7-16-4-1-2-11(8-16)17-5-3-15-13(17)18/h6,9,11H,1-5,7-8H2,(H,15,18). The molecule has 2 aliphatic heterocycles. The lowest BCUT2D eigenvalue weighted by Gasteiger charge is -2.36. The molecule has 1 aromatic rings. The minimum absolute atomic E-state index is 0.116. The molecule has 1 aromatic heterocycles. The van der Waals surface area contributed by atoms with Crippen molar-refractivity contribution in [3.63, 3.8) is 0 Å². The van der Waals surface area contributed by atoms with Gasteiger partial charge in [0.2, 0.25) is 0 Å². The third-order valence-corrected chi connectivity index (χ3v) is 5.39. The van der Waals surface area contributed by atoms with Gasteiger partial charge in [0.1, 0.15) is 0 Å². The zero-order valence-electron chi connectivity index (χ0n) is 10.8. The molecule has 0 spiro atoms. The van der Waals surface area contributed by atoms with Gasteiger partial charge >= 0.3 is 6.03 Å². The van der Waals surface area contributed by atoms with E-state index in [0.29, 0.717) is 6.04 Å². The molecule has 2 amide bonds. The highest BCUT2D eigenvalue weighted by Gasteiger charge is 2.31. The molecule has 1 N–H and O–H groups in total. The van der Waals surface area contributed by atoms with Crippen LogP contribution < -0.4 is 5.32 Å². The van der Waals surface area contributed by atoms with Crippen LogP contribution in [0.15, 0.2) is 15.2 Å². The number of nitrogens with zero attached hydrogens (tertiary/aromatic N) is 2. The van der Waals surface area contributed by atoms with Gasteiger partial charge in [-0.25, -0.2) is 4.79 Å². The van der Waals surface area contributed by atoms with Crippen molar-refractivity contribution >= 4 is 33.3 Å². The smallest absolute Gasteiger partial charge is 0.317 e. The van der Waals surface area contributed by atoms with Crippen molar-refractivity contribution in [1.29, 1.82) is 0 Å². The molecule has 0 saturated carbocycles. The third-order valence-electron chi connectivity index (χ3n) is 3.84. The second-order valence-electron chi connectivity index (χ2n) is 5.22. The lowest BCUT2D eigenvalue weighted by molar-refractivity contribution is 0.122. The summed E-state index contributed by atoms with van der Waals surface area (Å²) in [6.45, 7) is 4.79. The van der Waals surface area contributed by atoms with Crippen molar-refractivity contribution in [3.05, 3.63) is 20.8 Å². The monoisotopic (exact) mass is 343 g/mol. The van der Waals surface area contributed by atoms with Crippen LogP contribution in [-0.4, -0.2) is 48.1 Å².